The third-order valence-corrected chi connectivity index (χ3v) is 4.43. The molecular weight excluding hydrogens is 313 g/mol. The van der Waals surface area contributed by atoms with Gasteiger partial charge in [0.25, 0.3) is 0 Å². The lowest BCUT2D eigenvalue weighted by Gasteiger charge is -2.05. The molecule has 23 heavy (non-hydrogen) atoms. The summed E-state index contributed by atoms with van der Waals surface area (Å²) in [6.45, 7) is 1.86. The Kier molecular flexibility index (Phi) is 4.43. The number of carbonyl (C=O) groups excluding carboxylic acids is 1. The number of aromatic nitrogens is 2. The largest absolute Gasteiger partial charge is 0.323 e. The van der Waals surface area contributed by atoms with Crippen molar-refractivity contribution in [3.8, 4) is 10.7 Å². The molecule has 0 aliphatic rings. The first kappa shape index (κ1) is 15.3. The summed E-state index contributed by atoms with van der Waals surface area (Å²) in [6, 6.07) is 11.7. The van der Waals surface area contributed by atoms with Gasteiger partial charge >= 0.3 is 0 Å². The maximum Gasteiger partial charge on any atom is 0.229 e. The van der Waals surface area contributed by atoms with Crippen LogP contribution in [0.15, 0.2) is 48.7 Å². The maximum absolute atomic E-state index is 13.6. The van der Waals surface area contributed by atoms with Crippen molar-refractivity contribution in [1.29, 1.82) is 0 Å². The molecule has 3 rings (SSSR count). The Labute approximate surface area is 137 Å². The predicted octanol–water partition coefficient (Wildman–Crippen LogP) is 3.83. The van der Waals surface area contributed by atoms with E-state index < -0.39 is 5.82 Å². The highest BCUT2D eigenvalue weighted by molar-refractivity contribution is 7.15. The lowest BCUT2D eigenvalue weighted by molar-refractivity contribution is -0.115. The average Bonchev–Trinajstić information content (AvgIpc) is 2.91. The second-order valence-electron chi connectivity index (χ2n) is 4.95. The molecule has 1 amide bonds. The number of carbonyl (C=O) groups is 1. The molecule has 0 atom stereocenters. The fourth-order valence-corrected chi connectivity index (χ4v) is 3.13. The van der Waals surface area contributed by atoms with E-state index in [0.717, 1.165) is 21.3 Å². The van der Waals surface area contributed by atoms with E-state index in [-0.39, 0.29) is 18.0 Å². The van der Waals surface area contributed by atoms with E-state index >= 15 is 0 Å². The van der Waals surface area contributed by atoms with Crippen LogP contribution >= 0.6 is 11.3 Å². The molecule has 0 aliphatic heterocycles. The second-order valence-corrected chi connectivity index (χ2v) is 6.03. The van der Waals surface area contributed by atoms with Crippen molar-refractivity contribution in [1.82, 2.24) is 9.97 Å². The summed E-state index contributed by atoms with van der Waals surface area (Å²) >= 11 is 1.43. The van der Waals surface area contributed by atoms with E-state index in [1.165, 1.54) is 23.5 Å². The minimum absolute atomic E-state index is 0.157. The molecule has 2 heterocycles. The Morgan fingerprint density at radius 3 is 2.74 bits per heavy atom. The molecule has 1 N–H and O–H groups in total. The minimum Gasteiger partial charge on any atom is -0.323 e. The SMILES string of the molecule is Cc1nc(-c2ccccn2)sc1CC(=O)Nc1ccccc1F. The van der Waals surface area contributed by atoms with Crippen molar-refractivity contribution in [2.75, 3.05) is 5.32 Å². The van der Waals surface area contributed by atoms with Gasteiger partial charge in [-0.15, -0.1) is 11.3 Å². The quantitative estimate of drug-likeness (QED) is 0.792. The Morgan fingerprint density at radius 2 is 2.00 bits per heavy atom. The van der Waals surface area contributed by atoms with Crippen molar-refractivity contribution in [2.24, 2.45) is 0 Å². The summed E-state index contributed by atoms with van der Waals surface area (Å²) in [5, 5.41) is 3.36. The van der Waals surface area contributed by atoms with Gasteiger partial charge in [-0.25, -0.2) is 9.37 Å². The number of nitrogens with zero attached hydrogens (tertiary/aromatic N) is 2. The second kappa shape index (κ2) is 6.66. The van der Waals surface area contributed by atoms with E-state index in [9.17, 15) is 9.18 Å². The summed E-state index contributed by atoms with van der Waals surface area (Å²) in [4.78, 5) is 21.7. The van der Waals surface area contributed by atoms with Gasteiger partial charge in [0.15, 0.2) is 0 Å². The first-order valence-corrected chi connectivity index (χ1v) is 7.87. The third-order valence-electron chi connectivity index (χ3n) is 3.25. The molecule has 3 aromatic rings. The Hall–Kier alpha value is -2.60. The van der Waals surface area contributed by atoms with Crippen LogP contribution in [-0.2, 0) is 11.2 Å². The molecular formula is C17H14FN3OS. The van der Waals surface area contributed by atoms with Gasteiger partial charge in [0, 0.05) is 11.1 Å². The standard InChI is InChI=1S/C17H14FN3OS/c1-11-15(23-17(20-11)14-8-4-5-9-19-14)10-16(22)21-13-7-3-2-6-12(13)18/h2-9H,10H2,1H3,(H,21,22). The summed E-state index contributed by atoms with van der Waals surface area (Å²) in [5.41, 5.74) is 1.75. The van der Waals surface area contributed by atoms with Crippen LogP contribution < -0.4 is 5.32 Å². The van der Waals surface area contributed by atoms with Crippen LogP contribution in [0, 0.1) is 12.7 Å². The zero-order valence-corrected chi connectivity index (χ0v) is 13.2. The van der Waals surface area contributed by atoms with Crippen LogP contribution in [0.1, 0.15) is 10.6 Å². The van der Waals surface area contributed by atoms with Crippen molar-refractivity contribution >= 4 is 22.9 Å². The van der Waals surface area contributed by atoms with Crippen LogP contribution in [0.25, 0.3) is 10.7 Å². The van der Waals surface area contributed by atoms with Gasteiger partial charge in [-0.2, -0.15) is 0 Å². The minimum atomic E-state index is -0.448. The van der Waals surface area contributed by atoms with E-state index in [4.69, 9.17) is 0 Å². The summed E-state index contributed by atoms with van der Waals surface area (Å²) in [6.07, 6.45) is 1.86. The number of para-hydroxylation sites is 1. The molecule has 0 radical (unpaired) electrons. The van der Waals surface area contributed by atoms with Gasteiger partial charge in [-0.3, -0.25) is 9.78 Å². The van der Waals surface area contributed by atoms with Gasteiger partial charge in [0.1, 0.15) is 10.8 Å². The number of aryl methyl sites for hydroxylation is 1. The monoisotopic (exact) mass is 327 g/mol. The lowest BCUT2D eigenvalue weighted by Crippen LogP contribution is -2.15. The van der Waals surface area contributed by atoms with Gasteiger partial charge in [0.05, 0.1) is 23.5 Å². The van der Waals surface area contributed by atoms with Crippen LogP contribution in [0.4, 0.5) is 10.1 Å². The first-order valence-electron chi connectivity index (χ1n) is 7.05. The highest BCUT2D eigenvalue weighted by atomic mass is 32.1. The van der Waals surface area contributed by atoms with Crippen molar-refractivity contribution in [3.63, 3.8) is 0 Å². The molecule has 1 aromatic carbocycles. The average molecular weight is 327 g/mol. The summed E-state index contributed by atoms with van der Waals surface area (Å²) in [7, 11) is 0. The number of rotatable bonds is 4. The highest BCUT2D eigenvalue weighted by Gasteiger charge is 2.14. The topological polar surface area (TPSA) is 54.9 Å². The molecule has 0 saturated carbocycles. The number of benzene rings is 1. The molecule has 2 aromatic heterocycles. The molecule has 6 heteroatoms. The molecule has 0 spiro atoms. The predicted molar refractivity (Wildman–Crippen MR) is 88.8 cm³/mol. The van der Waals surface area contributed by atoms with Gasteiger partial charge in [0.2, 0.25) is 5.91 Å². The smallest absolute Gasteiger partial charge is 0.229 e. The Bertz CT molecular complexity index is 833. The molecule has 0 saturated heterocycles. The number of thiazole rings is 1. The molecule has 4 nitrogen and oxygen atoms in total. The summed E-state index contributed by atoms with van der Waals surface area (Å²) in [5.74, 6) is -0.717. The number of pyridine rings is 1. The Balaban J connectivity index is 1.74. The van der Waals surface area contributed by atoms with Crippen LogP contribution in [0.3, 0.4) is 0 Å². The van der Waals surface area contributed by atoms with Gasteiger partial charge in [-0.1, -0.05) is 18.2 Å². The van der Waals surface area contributed by atoms with Crippen molar-refractivity contribution < 1.29 is 9.18 Å². The molecule has 0 aliphatic carbocycles. The zero-order valence-electron chi connectivity index (χ0n) is 12.4. The highest BCUT2D eigenvalue weighted by Crippen LogP contribution is 2.27. The van der Waals surface area contributed by atoms with E-state index in [1.54, 1.807) is 18.3 Å². The first-order chi connectivity index (χ1) is 11.1. The maximum atomic E-state index is 13.6. The van der Waals surface area contributed by atoms with Gasteiger partial charge in [-0.05, 0) is 31.2 Å². The molecule has 0 unspecified atom stereocenters. The van der Waals surface area contributed by atoms with E-state index in [1.807, 2.05) is 25.1 Å². The number of hydrogen-bond donors (Lipinski definition) is 1. The summed E-state index contributed by atoms with van der Waals surface area (Å²) < 4.78 is 13.6. The van der Waals surface area contributed by atoms with Crippen molar-refractivity contribution in [3.05, 3.63) is 65.0 Å². The number of amides is 1. The van der Waals surface area contributed by atoms with Crippen LogP contribution in [-0.4, -0.2) is 15.9 Å². The van der Waals surface area contributed by atoms with E-state index in [2.05, 4.69) is 15.3 Å². The van der Waals surface area contributed by atoms with Crippen LogP contribution in [0.2, 0.25) is 0 Å². The normalized spacial score (nSPS) is 10.5. The van der Waals surface area contributed by atoms with Crippen molar-refractivity contribution in [2.45, 2.75) is 13.3 Å². The number of anilines is 1. The van der Waals surface area contributed by atoms with Crippen LogP contribution in [0.5, 0.6) is 0 Å². The number of hydrogen-bond acceptors (Lipinski definition) is 4. The fourth-order valence-electron chi connectivity index (χ4n) is 2.09. The van der Waals surface area contributed by atoms with E-state index in [0.29, 0.717) is 0 Å². The number of halogens is 1. The Morgan fingerprint density at radius 1 is 1.22 bits per heavy atom. The third kappa shape index (κ3) is 3.60. The molecule has 0 bridgehead atoms. The molecule has 116 valence electrons. The number of nitrogens with one attached hydrogen (secondary N) is 1. The van der Waals surface area contributed by atoms with Gasteiger partial charge < -0.3 is 5.32 Å². The zero-order chi connectivity index (χ0) is 16.2. The fraction of sp³-hybridized carbons (Fsp3) is 0.118. The molecule has 0 fully saturated rings. The lowest BCUT2D eigenvalue weighted by atomic mass is 10.2.